The maximum atomic E-state index is 5.76. The molecule has 0 aliphatic heterocycles. The van der Waals surface area contributed by atoms with E-state index in [0.717, 1.165) is 17.0 Å². The Morgan fingerprint density at radius 1 is 1.38 bits per heavy atom. The molecule has 1 atom stereocenters. The van der Waals surface area contributed by atoms with E-state index in [1.165, 1.54) is 0 Å². The zero-order valence-electron chi connectivity index (χ0n) is 7.37. The van der Waals surface area contributed by atoms with Crippen LogP contribution in [0.2, 0.25) is 5.02 Å². The number of hydrogen-bond acceptors (Lipinski definition) is 0. The smallest absolute Gasteiger partial charge is 0.262 e. The van der Waals surface area contributed by atoms with Crippen LogP contribution in [0.15, 0.2) is 36.9 Å². The molecule has 0 aliphatic carbocycles. The predicted molar refractivity (Wildman–Crippen MR) is 56.1 cm³/mol. The molecule has 1 aromatic rings. The molecule has 0 N–H and O–H groups in total. The molecular weight excluding hydrogens is 184 g/mol. The zero-order chi connectivity index (χ0) is 9.68. The first kappa shape index (κ1) is 10.0. The van der Waals surface area contributed by atoms with Crippen LogP contribution in [0.5, 0.6) is 0 Å². The van der Waals surface area contributed by atoms with Crippen molar-refractivity contribution in [2.75, 3.05) is 0 Å². The van der Waals surface area contributed by atoms with E-state index in [0.29, 0.717) is 0 Å². The molecule has 0 heterocycles. The van der Waals surface area contributed by atoms with Gasteiger partial charge in [-0.25, -0.2) is 0 Å². The third kappa shape index (κ3) is 2.71. The van der Waals surface area contributed by atoms with E-state index in [-0.39, 0.29) is 6.10 Å². The van der Waals surface area contributed by atoms with Crippen molar-refractivity contribution in [3.63, 3.8) is 0 Å². The lowest BCUT2D eigenvalue weighted by atomic mass is 10.1. The van der Waals surface area contributed by atoms with E-state index < -0.39 is 0 Å². The molecule has 0 saturated carbocycles. The first-order valence-corrected chi connectivity index (χ1v) is 4.43. The van der Waals surface area contributed by atoms with Crippen LogP contribution in [0, 0.1) is 0 Å². The average Bonchev–Trinajstić information content (AvgIpc) is 2.16. The second kappa shape index (κ2) is 4.83. The van der Waals surface area contributed by atoms with Crippen LogP contribution in [-0.2, 0) is 4.42 Å². The Balaban J connectivity index is 2.84. The molecule has 68 valence electrons. The average molecular weight is 196 g/mol. The molecule has 1 aromatic carbocycles. The van der Waals surface area contributed by atoms with E-state index in [4.69, 9.17) is 16.0 Å². The Kier molecular flexibility index (Phi) is 3.71. The van der Waals surface area contributed by atoms with E-state index in [1.807, 2.05) is 30.3 Å². The van der Waals surface area contributed by atoms with Crippen LogP contribution in [0.4, 0.5) is 0 Å². The molecule has 0 radical (unpaired) electrons. The van der Waals surface area contributed by atoms with Gasteiger partial charge in [0, 0.05) is 5.02 Å². The van der Waals surface area contributed by atoms with E-state index >= 15 is 0 Å². The zero-order valence-corrected chi connectivity index (χ0v) is 8.13. The fraction of sp³-hybridized carbons (Fsp3) is 0.182. The summed E-state index contributed by atoms with van der Waals surface area (Å²) in [5.41, 5.74) is 1.07. The highest BCUT2D eigenvalue weighted by molar-refractivity contribution is 6.30. The van der Waals surface area contributed by atoms with Crippen LogP contribution < -0.4 is 0 Å². The van der Waals surface area contributed by atoms with E-state index in [2.05, 4.69) is 13.4 Å². The van der Waals surface area contributed by atoms with Gasteiger partial charge in [0.2, 0.25) is 0 Å². The molecule has 2 heteroatoms. The summed E-state index contributed by atoms with van der Waals surface area (Å²) >= 11 is 5.76. The monoisotopic (exact) mass is 195 g/mol. The first-order chi connectivity index (χ1) is 6.27. The topological polar surface area (TPSA) is 11.3 Å². The number of halogens is 1. The third-order valence-corrected chi connectivity index (χ3v) is 2.08. The van der Waals surface area contributed by atoms with Crippen LogP contribution in [0.25, 0.3) is 0 Å². The fourth-order valence-corrected chi connectivity index (χ4v) is 1.26. The lowest BCUT2D eigenvalue weighted by Gasteiger charge is -2.00. The highest BCUT2D eigenvalue weighted by Crippen LogP contribution is 2.20. The largest absolute Gasteiger partial charge is 0.299 e. The van der Waals surface area contributed by atoms with Gasteiger partial charge in [0.15, 0.2) is 0 Å². The summed E-state index contributed by atoms with van der Waals surface area (Å²) in [6, 6.07) is 7.54. The van der Waals surface area contributed by atoms with Gasteiger partial charge >= 0.3 is 0 Å². The normalized spacial score (nSPS) is 12.1. The summed E-state index contributed by atoms with van der Waals surface area (Å²) in [4.78, 5) is 0. The fourth-order valence-electron chi connectivity index (χ4n) is 1.13. The highest BCUT2D eigenvalue weighted by atomic mass is 35.5. The quantitative estimate of drug-likeness (QED) is 0.516. The summed E-state index contributed by atoms with van der Waals surface area (Å²) in [5.74, 6) is 0. The molecule has 1 nitrogen and oxygen atoms in total. The molecule has 0 fully saturated rings. The number of rotatable bonds is 4. The molecular formula is C11H12ClO+. The maximum absolute atomic E-state index is 5.76. The summed E-state index contributed by atoms with van der Waals surface area (Å²) in [7, 11) is 0. The second-order valence-corrected chi connectivity index (χ2v) is 3.17. The van der Waals surface area contributed by atoms with Crippen molar-refractivity contribution in [3.05, 3.63) is 47.5 Å². The van der Waals surface area contributed by atoms with E-state index in [1.54, 1.807) is 0 Å². The maximum Gasteiger partial charge on any atom is 0.299 e. The summed E-state index contributed by atoms with van der Waals surface area (Å²) < 4.78 is 5.05. The van der Waals surface area contributed by atoms with Gasteiger partial charge in [-0.1, -0.05) is 17.7 Å². The molecule has 0 amide bonds. The van der Waals surface area contributed by atoms with Crippen molar-refractivity contribution in [2.24, 2.45) is 0 Å². The summed E-state index contributed by atoms with van der Waals surface area (Å²) in [5, 5.41) is 0.727. The van der Waals surface area contributed by atoms with Crippen molar-refractivity contribution >= 4 is 18.4 Å². The van der Waals surface area contributed by atoms with E-state index in [9.17, 15) is 0 Å². The van der Waals surface area contributed by atoms with Crippen molar-refractivity contribution < 1.29 is 4.42 Å². The lowest BCUT2D eigenvalue weighted by Crippen LogP contribution is -1.96. The van der Waals surface area contributed by atoms with Crippen LogP contribution >= 0.6 is 11.6 Å². The van der Waals surface area contributed by atoms with Gasteiger partial charge in [0.25, 0.3) is 12.9 Å². The van der Waals surface area contributed by atoms with Crippen molar-refractivity contribution in [2.45, 2.75) is 12.5 Å². The Labute approximate surface area is 83.4 Å². The van der Waals surface area contributed by atoms with Crippen molar-refractivity contribution in [1.29, 1.82) is 0 Å². The molecule has 1 rings (SSSR count). The van der Waals surface area contributed by atoms with Gasteiger partial charge in [-0.05, 0) is 24.3 Å². The van der Waals surface area contributed by atoms with Crippen molar-refractivity contribution in [3.8, 4) is 0 Å². The number of carbonyl (C=O) groups excluding carboxylic acids is 1. The lowest BCUT2D eigenvalue weighted by molar-refractivity contribution is -0.500. The predicted octanol–water partition coefficient (Wildman–Crippen LogP) is 3.32. The minimum absolute atomic E-state index is 0.0187. The number of benzene rings is 1. The summed E-state index contributed by atoms with van der Waals surface area (Å²) in [6.07, 6.45) is 2.55. The first-order valence-electron chi connectivity index (χ1n) is 4.05. The van der Waals surface area contributed by atoms with Crippen LogP contribution in [0.1, 0.15) is 18.1 Å². The van der Waals surface area contributed by atoms with Crippen LogP contribution in [-0.4, -0.2) is 6.79 Å². The molecule has 0 spiro atoms. The van der Waals surface area contributed by atoms with Gasteiger partial charge in [-0.3, -0.25) is 4.42 Å². The molecule has 0 aromatic heterocycles. The van der Waals surface area contributed by atoms with Gasteiger partial charge in [0.1, 0.15) is 0 Å². The Bertz CT molecular complexity index is 289. The molecule has 13 heavy (non-hydrogen) atoms. The Morgan fingerprint density at radius 2 is 2.00 bits per heavy atom. The summed E-state index contributed by atoms with van der Waals surface area (Å²) in [6.45, 7) is 7.08. The van der Waals surface area contributed by atoms with Gasteiger partial charge in [-0.2, -0.15) is 0 Å². The highest BCUT2D eigenvalue weighted by Gasteiger charge is 2.16. The number of hydrogen-bond donors (Lipinski definition) is 0. The van der Waals surface area contributed by atoms with Crippen LogP contribution in [0.3, 0.4) is 0 Å². The Morgan fingerprint density at radius 3 is 2.46 bits per heavy atom. The molecule has 0 bridgehead atoms. The van der Waals surface area contributed by atoms with Gasteiger partial charge in [-0.15, -0.1) is 6.58 Å². The molecule has 0 aliphatic rings. The molecule has 0 saturated heterocycles. The minimum Gasteiger partial charge on any atom is -0.262 e. The second-order valence-electron chi connectivity index (χ2n) is 2.73. The standard InChI is InChI=1S/C11H12ClO/c1-3-4-11(13-2)9-5-7-10(12)8-6-9/h3,5-8,11H,1-2,4H2/q+1. The van der Waals surface area contributed by atoms with Gasteiger partial charge in [0.05, 0.1) is 12.0 Å². The Hall–Kier alpha value is -1.08. The molecule has 1 unspecified atom stereocenters. The SMILES string of the molecule is C=CCC([O+]=C)c1ccc(Cl)cc1. The third-order valence-electron chi connectivity index (χ3n) is 1.82. The van der Waals surface area contributed by atoms with Gasteiger partial charge < -0.3 is 0 Å². The minimum atomic E-state index is -0.0187. The van der Waals surface area contributed by atoms with Crippen molar-refractivity contribution in [1.82, 2.24) is 0 Å².